The molecule has 0 aromatic carbocycles. The summed E-state index contributed by atoms with van der Waals surface area (Å²) in [4.78, 5) is 11.2. The molecule has 0 atom stereocenters. The van der Waals surface area contributed by atoms with E-state index in [0.29, 0.717) is 17.4 Å². The van der Waals surface area contributed by atoms with Crippen LogP contribution in [0.5, 0.6) is 0 Å². The zero-order valence-electron chi connectivity index (χ0n) is 7.66. The molecule has 0 bridgehead atoms. The highest BCUT2D eigenvalue weighted by Gasteiger charge is 2.02. The van der Waals surface area contributed by atoms with E-state index < -0.39 is 0 Å². The van der Waals surface area contributed by atoms with Crippen LogP contribution >= 0.6 is 23.4 Å². The summed E-state index contributed by atoms with van der Waals surface area (Å²) in [5.41, 5.74) is 0. The third kappa shape index (κ3) is 3.93. The summed E-state index contributed by atoms with van der Waals surface area (Å²) >= 11 is 7.17. The molecular weight excluding hydrogens is 222 g/mol. The number of nitrogens with zero attached hydrogens (tertiary/aromatic N) is 2. The number of thioether (sulfide) groups is 1. The molecule has 0 saturated carbocycles. The maximum atomic E-state index is 11.2. The van der Waals surface area contributed by atoms with Crippen LogP contribution in [0.1, 0.15) is 6.42 Å². The maximum Gasteiger partial charge on any atom is 0.226 e. The molecule has 76 valence electrons. The minimum absolute atomic E-state index is 0.0593. The molecule has 14 heavy (non-hydrogen) atoms. The molecule has 6 heteroatoms. The zero-order valence-corrected chi connectivity index (χ0v) is 9.23. The topological polar surface area (TPSA) is 54.9 Å². The van der Waals surface area contributed by atoms with Crippen LogP contribution in [0.25, 0.3) is 0 Å². The first-order valence-corrected chi connectivity index (χ1v) is 5.77. The van der Waals surface area contributed by atoms with Gasteiger partial charge in [-0.25, -0.2) is 0 Å². The number of halogens is 1. The lowest BCUT2D eigenvalue weighted by molar-refractivity contribution is -0.115. The molecule has 4 nitrogen and oxygen atoms in total. The van der Waals surface area contributed by atoms with E-state index >= 15 is 0 Å². The van der Waals surface area contributed by atoms with Crippen LogP contribution in [-0.4, -0.2) is 28.1 Å². The van der Waals surface area contributed by atoms with Crippen molar-refractivity contribution in [3.63, 3.8) is 0 Å². The van der Waals surface area contributed by atoms with Crippen LogP contribution in [0.4, 0.5) is 5.82 Å². The monoisotopic (exact) mass is 231 g/mol. The summed E-state index contributed by atoms with van der Waals surface area (Å²) in [6.07, 6.45) is 2.43. The first-order valence-electron chi connectivity index (χ1n) is 4.00. The fourth-order valence-corrected chi connectivity index (χ4v) is 1.27. The average Bonchev–Trinajstić information content (AvgIpc) is 2.18. The Hall–Kier alpha value is -0.810. The minimum atomic E-state index is -0.0593. The summed E-state index contributed by atoms with van der Waals surface area (Å²) in [5, 5.41) is 10.2. The van der Waals surface area contributed by atoms with E-state index in [9.17, 15) is 4.79 Å². The molecule has 1 heterocycles. The number of carbonyl (C=O) groups excluding carboxylic acids is 1. The fraction of sp³-hybridized carbons (Fsp3) is 0.375. The second kappa shape index (κ2) is 5.82. The van der Waals surface area contributed by atoms with Gasteiger partial charge in [-0.15, -0.1) is 10.2 Å². The lowest BCUT2D eigenvalue weighted by atomic mass is 10.4. The quantitative estimate of drug-likeness (QED) is 0.859. The third-order valence-electron chi connectivity index (χ3n) is 1.43. The Morgan fingerprint density at radius 2 is 2.36 bits per heavy atom. The Bertz CT molecular complexity index is 304. The van der Waals surface area contributed by atoms with E-state index in [1.807, 2.05) is 6.26 Å². The Morgan fingerprint density at radius 1 is 1.57 bits per heavy atom. The second-order valence-corrected chi connectivity index (χ2v) is 3.91. The molecule has 1 amide bonds. The molecule has 0 spiro atoms. The Balaban J connectivity index is 2.44. The van der Waals surface area contributed by atoms with Gasteiger partial charge in [0.05, 0.1) is 0 Å². The molecule has 0 aliphatic rings. The van der Waals surface area contributed by atoms with E-state index in [1.54, 1.807) is 23.9 Å². The van der Waals surface area contributed by atoms with Crippen molar-refractivity contribution in [3.05, 3.63) is 17.3 Å². The van der Waals surface area contributed by atoms with Crippen LogP contribution in [0.15, 0.2) is 12.1 Å². The zero-order chi connectivity index (χ0) is 10.4. The Labute approximate surface area is 91.4 Å². The highest BCUT2D eigenvalue weighted by molar-refractivity contribution is 7.98. The van der Waals surface area contributed by atoms with Crippen molar-refractivity contribution in [1.29, 1.82) is 0 Å². The van der Waals surface area contributed by atoms with Gasteiger partial charge in [-0.3, -0.25) is 4.79 Å². The van der Waals surface area contributed by atoms with Crippen LogP contribution in [0.2, 0.25) is 5.15 Å². The van der Waals surface area contributed by atoms with Gasteiger partial charge in [-0.2, -0.15) is 11.8 Å². The smallest absolute Gasteiger partial charge is 0.226 e. The van der Waals surface area contributed by atoms with Crippen LogP contribution in [0.3, 0.4) is 0 Å². The van der Waals surface area contributed by atoms with E-state index in [0.717, 1.165) is 5.75 Å². The number of amides is 1. The molecule has 0 unspecified atom stereocenters. The van der Waals surface area contributed by atoms with Gasteiger partial charge in [0.2, 0.25) is 5.91 Å². The lowest BCUT2D eigenvalue weighted by Gasteiger charge is -2.01. The van der Waals surface area contributed by atoms with Crippen molar-refractivity contribution in [2.75, 3.05) is 17.3 Å². The van der Waals surface area contributed by atoms with Gasteiger partial charge in [0.1, 0.15) is 0 Å². The van der Waals surface area contributed by atoms with Crippen molar-refractivity contribution in [1.82, 2.24) is 10.2 Å². The van der Waals surface area contributed by atoms with Gasteiger partial charge in [-0.1, -0.05) is 11.6 Å². The van der Waals surface area contributed by atoms with E-state index in [4.69, 9.17) is 11.6 Å². The van der Waals surface area contributed by atoms with E-state index in [-0.39, 0.29) is 5.91 Å². The number of hydrogen-bond acceptors (Lipinski definition) is 4. The Morgan fingerprint density at radius 3 is 2.93 bits per heavy atom. The van der Waals surface area contributed by atoms with Crippen LogP contribution in [-0.2, 0) is 4.79 Å². The Kier molecular flexibility index (Phi) is 4.69. The van der Waals surface area contributed by atoms with Gasteiger partial charge in [0, 0.05) is 12.2 Å². The molecule has 1 aromatic rings. The van der Waals surface area contributed by atoms with Gasteiger partial charge in [-0.05, 0) is 18.4 Å². The third-order valence-corrected chi connectivity index (χ3v) is 2.25. The normalized spacial score (nSPS) is 9.86. The molecule has 0 saturated heterocycles. The molecule has 0 fully saturated rings. The average molecular weight is 232 g/mol. The predicted octanol–water partition coefficient (Wildman–Crippen LogP) is 1.82. The van der Waals surface area contributed by atoms with E-state index in [1.165, 1.54) is 0 Å². The molecule has 0 aliphatic carbocycles. The summed E-state index contributed by atoms with van der Waals surface area (Å²) in [6, 6.07) is 3.20. The molecule has 0 aliphatic heterocycles. The first kappa shape index (κ1) is 11.3. The van der Waals surface area contributed by atoms with Crippen molar-refractivity contribution < 1.29 is 4.79 Å². The molecule has 0 radical (unpaired) electrons. The first-order chi connectivity index (χ1) is 6.72. The maximum absolute atomic E-state index is 11.2. The fourth-order valence-electron chi connectivity index (χ4n) is 0.783. The summed E-state index contributed by atoms with van der Waals surface area (Å²) in [5.74, 6) is 1.17. The van der Waals surface area contributed by atoms with Crippen LogP contribution < -0.4 is 5.32 Å². The lowest BCUT2D eigenvalue weighted by Crippen LogP contribution is -2.13. The summed E-state index contributed by atoms with van der Waals surface area (Å²) in [6.45, 7) is 0. The highest BCUT2D eigenvalue weighted by Crippen LogP contribution is 2.06. The molecular formula is C8H10ClN3OS. The second-order valence-electron chi connectivity index (χ2n) is 2.53. The number of aromatic nitrogens is 2. The predicted molar refractivity (Wildman–Crippen MR) is 58.7 cm³/mol. The molecule has 1 N–H and O–H groups in total. The largest absolute Gasteiger partial charge is 0.309 e. The SMILES string of the molecule is CSCCC(=O)Nc1ccc(Cl)nn1. The van der Waals surface area contributed by atoms with Gasteiger partial charge in [0.15, 0.2) is 11.0 Å². The van der Waals surface area contributed by atoms with Crippen molar-refractivity contribution in [2.24, 2.45) is 0 Å². The number of carbonyl (C=O) groups is 1. The van der Waals surface area contributed by atoms with Crippen molar-refractivity contribution in [2.45, 2.75) is 6.42 Å². The molecule has 1 aromatic heterocycles. The standard InChI is InChI=1S/C8H10ClN3OS/c1-14-5-4-8(13)10-7-3-2-6(9)11-12-7/h2-3H,4-5H2,1H3,(H,10,12,13). The summed E-state index contributed by atoms with van der Waals surface area (Å²) in [7, 11) is 0. The van der Waals surface area contributed by atoms with Crippen molar-refractivity contribution in [3.8, 4) is 0 Å². The minimum Gasteiger partial charge on any atom is -0.309 e. The summed E-state index contributed by atoms with van der Waals surface area (Å²) < 4.78 is 0. The van der Waals surface area contributed by atoms with Crippen LogP contribution in [0, 0.1) is 0 Å². The molecule has 1 rings (SSSR count). The number of nitrogens with one attached hydrogen (secondary N) is 1. The number of hydrogen-bond donors (Lipinski definition) is 1. The van der Waals surface area contributed by atoms with Crippen molar-refractivity contribution >= 4 is 35.1 Å². The van der Waals surface area contributed by atoms with Gasteiger partial charge in [0.25, 0.3) is 0 Å². The highest BCUT2D eigenvalue weighted by atomic mass is 35.5. The van der Waals surface area contributed by atoms with Gasteiger partial charge < -0.3 is 5.32 Å². The van der Waals surface area contributed by atoms with E-state index in [2.05, 4.69) is 15.5 Å². The number of rotatable bonds is 4. The van der Waals surface area contributed by atoms with Gasteiger partial charge >= 0.3 is 0 Å². The number of anilines is 1.